The van der Waals surface area contributed by atoms with Gasteiger partial charge in [0.25, 0.3) is 0 Å². The maximum absolute atomic E-state index is 12.3. The average molecular weight is 277 g/mol. The molecule has 0 aromatic heterocycles. The van der Waals surface area contributed by atoms with Crippen LogP contribution in [0.5, 0.6) is 5.75 Å². The fourth-order valence-corrected chi connectivity index (χ4v) is 1.52. The van der Waals surface area contributed by atoms with Gasteiger partial charge in [-0.25, -0.2) is 0 Å². The van der Waals surface area contributed by atoms with Crippen LogP contribution in [0.2, 0.25) is 0 Å². The number of ether oxygens (including phenoxy) is 2. The summed E-state index contributed by atoms with van der Waals surface area (Å²) in [5.41, 5.74) is -0.674. The molecule has 19 heavy (non-hydrogen) atoms. The molecule has 0 bridgehead atoms. The van der Waals surface area contributed by atoms with Crippen molar-refractivity contribution in [2.45, 2.75) is 19.1 Å². The highest BCUT2D eigenvalue weighted by molar-refractivity contribution is 5.28. The van der Waals surface area contributed by atoms with Crippen LogP contribution in [0.3, 0.4) is 0 Å². The summed E-state index contributed by atoms with van der Waals surface area (Å²) in [4.78, 5) is 0. The van der Waals surface area contributed by atoms with Gasteiger partial charge in [0.05, 0.1) is 12.2 Å². The summed E-state index contributed by atoms with van der Waals surface area (Å²) < 4.78 is 47.3. The van der Waals surface area contributed by atoms with E-state index in [2.05, 4.69) is 5.32 Å². The van der Waals surface area contributed by atoms with Gasteiger partial charge in [0, 0.05) is 19.7 Å². The highest BCUT2D eigenvalue weighted by atomic mass is 19.4. The number of methoxy groups -OCH3 is 1. The first-order chi connectivity index (χ1) is 8.93. The Bertz CT molecular complexity index is 365. The quantitative estimate of drug-likeness (QED) is 0.777. The molecule has 1 unspecified atom stereocenters. The van der Waals surface area contributed by atoms with E-state index in [-0.39, 0.29) is 6.04 Å². The van der Waals surface area contributed by atoms with Crippen molar-refractivity contribution in [2.24, 2.45) is 0 Å². The highest BCUT2D eigenvalue weighted by Crippen LogP contribution is 2.30. The zero-order chi connectivity index (χ0) is 14.3. The average Bonchev–Trinajstić information content (AvgIpc) is 2.34. The summed E-state index contributed by atoms with van der Waals surface area (Å²) in [6, 6.07) is 4.87. The van der Waals surface area contributed by atoms with Gasteiger partial charge in [-0.2, -0.15) is 13.2 Å². The van der Waals surface area contributed by atoms with E-state index in [1.807, 2.05) is 6.92 Å². The number of hydrogen-bond acceptors (Lipinski definition) is 3. The van der Waals surface area contributed by atoms with Gasteiger partial charge in [0.15, 0.2) is 0 Å². The lowest BCUT2D eigenvalue weighted by Crippen LogP contribution is -2.33. The van der Waals surface area contributed by atoms with E-state index in [1.54, 1.807) is 7.11 Å². The van der Waals surface area contributed by atoms with E-state index >= 15 is 0 Å². The van der Waals surface area contributed by atoms with E-state index in [4.69, 9.17) is 9.47 Å². The number of benzene rings is 1. The Balaban J connectivity index is 2.31. The second kappa shape index (κ2) is 7.35. The van der Waals surface area contributed by atoms with Crippen LogP contribution in [0, 0.1) is 0 Å². The fraction of sp³-hybridized carbons (Fsp3) is 0.538. The molecule has 0 aliphatic heterocycles. The predicted octanol–water partition coefficient (Wildman–Crippen LogP) is 2.71. The molecule has 0 radical (unpaired) electrons. The molecule has 0 aliphatic rings. The van der Waals surface area contributed by atoms with Gasteiger partial charge in [0.2, 0.25) is 0 Å². The topological polar surface area (TPSA) is 30.5 Å². The predicted molar refractivity (Wildman–Crippen MR) is 66.3 cm³/mol. The van der Waals surface area contributed by atoms with Crippen LogP contribution >= 0.6 is 0 Å². The maximum Gasteiger partial charge on any atom is 0.416 e. The van der Waals surface area contributed by atoms with Gasteiger partial charge < -0.3 is 14.8 Å². The number of hydrogen-bond donors (Lipinski definition) is 1. The lowest BCUT2D eigenvalue weighted by molar-refractivity contribution is -0.137. The first kappa shape index (κ1) is 15.8. The number of halogens is 3. The van der Waals surface area contributed by atoms with Gasteiger partial charge in [-0.1, -0.05) is 0 Å². The van der Waals surface area contributed by atoms with Crippen molar-refractivity contribution in [3.63, 3.8) is 0 Å². The Hall–Kier alpha value is -1.27. The molecule has 0 amide bonds. The Morgan fingerprint density at radius 3 is 2.37 bits per heavy atom. The summed E-state index contributed by atoms with van der Waals surface area (Å²) in [6.45, 7) is 3.56. The number of alkyl halides is 3. The summed E-state index contributed by atoms with van der Waals surface area (Å²) >= 11 is 0. The molecule has 6 heteroatoms. The van der Waals surface area contributed by atoms with E-state index in [0.717, 1.165) is 12.1 Å². The third-order valence-corrected chi connectivity index (χ3v) is 2.46. The van der Waals surface area contributed by atoms with E-state index in [0.29, 0.717) is 25.5 Å². The summed E-state index contributed by atoms with van der Waals surface area (Å²) in [5, 5.41) is 3.16. The lowest BCUT2D eigenvalue weighted by Gasteiger charge is -2.13. The monoisotopic (exact) mass is 277 g/mol. The minimum absolute atomic E-state index is 0.209. The Kier molecular flexibility index (Phi) is 6.11. The van der Waals surface area contributed by atoms with Crippen LogP contribution in [-0.2, 0) is 10.9 Å². The molecule has 1 aromatic rings. The molecule has 0 saturated heterocycles. The van der Waals surface area contributed by atoms with Crippen molar-refractivity contribution in [1.82, 2.24) is 5.32 Å². The summed E-state index contributed by atoms with van der Waals surface area (Å²) in [5.74, 6) is 0.425. The Morgan fingerprint density at radius 2 is 1.84 bits per heavy atom. The van der Waals surface area contributed by atoms with Crippen LogP contribution < -0.4 is 10.1 Å². The van der Waals surface area contributed by atoms with Crippen molar-refractivity contribution in [1.29, 1.82) is 0 Å². The fourth-order valence-electron chi connectivity index (χ4n) is 1.52. The maximum atomic E-state index is 12.3. The minimum atomic E-state index is -4.31. The van der Waals surface area contributed by atoms with Crippen molar-refractivity contribution in [3.8, 4) is 5.75 Å². The molecule has 3 nitrogen and oxygen atoms in total. The molecule has 1 rings (SSSR count). The zero-order valence-electron chi connectivity index (χ0n) is 11.0. The lowest BCUT2D eigenvalue weighted by atomic mass is 10.2. The molecule has 108 valence electrons. The standard InChI is InChI=1S/C13H18F3NO2/c1-10(9-18-2)17-7-8-19-12-5-3-11(4-6-12)13(14,15)16/h3-6,10,17H,7-9H2,1-2H3. The second-order valence-electron chi connectivity index (χ2n) is 4.18. The normalized spacial score (nSPS) is 13.3. The highest BCUT2D eigenvalue weighted by Gasteiger charge is 2.29. The molecule has 0 heterocycles. The molecule has 1 aromatic carbocycles. The first-order valence-electron chi connectivity index (χ1n) is 5.96. The minimum Gasteiger partial charge on any atom is -0.492 e. The van der Waals surface area contributed by atoms with Crippen LogP contribution in [-0.4, -0.2) is 32.9 Å². The molecule has 0 spiro atoms. The van der Waals surface area contributed by atoms with Crippen LogP contribution in [0.15, 0.2) is 24.3 Å². The molecular formula is C13H18F3NO2. The van der Waals surface area contributed by atoms with Crippen LogP contribution in [0.4, 0.5) is 13.2 Å². The third kappa shape index (κ3) is 5.94. The van der Waals surface area contributed by atoms with Gasteiger partial charge in [0.1, 0.15) is 12.4 Å². The van der Waals surface area contributed by atoms with Gasteiger partial charge >= 0.3 is 6.18 Å². The first-order valence-corrected chi connectivity index (χ1v) is 5.96. The zero-order valence-corrected chi connectivity index (χ0v) is 11.0. The molecule has 0 saturated carbocycles. The van der Waals surface area contributed by atoms with Gasteiger partial charge in [-0.05, 0) is 31.2 Å². The largest absolute Gasteiger partial charge is 0.492 e. The Labute approximate surface area is 110 Å². The van der Waals surface area contributed by atoms with E-state index in [9.17, 15) is 13.2 Å². The van der Waals surface area contributed by atoms with E-state index < -0.39 is 11.7 Å². The third-order valence-electron chi connectivity index (χ3n) is 2.46. The second-order valence-corrected chi connectivity index (χ2v) is 4.18. The van der Waals surface area contributed by atoms with Crippen molar-refractivity contribution in [3.05, 3.63) is 29.8 Å². The van der Waals surface area contributed by atoms with Crippen molar-refractivity contribution >= 4 is 0 Å². The Morgan fingerprint density at radius 1 is 1.21 bits per heavy atom. The molecule has 0 aliphatic carbocycles. The number of rotatable bonds is 7. The van der Waals surface area contributed by atoms with Crippen molar-refractivity contribution in [2.75, 3.05) is 26.9 Å². The summed E-state index contributed by atoms with van der Waals surface area (Å²) in [7, 11) is 1.62. The van der Waals surface area contributed by atoms with Gasteiger partial charge in [-0.3, -0.25) is 0 Å². The smallest absolute Gasteiger partial charge is 0.416 e. The number of nitrogens with one attached hydrogen (secondary N) is 1. The molecule has 1 atom stereocenters. The van der Waals surface area contributed by atoms with Crippen LogP contribution in [0.25, 0.3) is 0 Å². The molecule has 0 fully saturated rings. The SMILES string of the molecule is COCC(C)NCCOc1ccc(C(F)(F)F)cc1. The van der Waals surface area contributed by atoms with Crippen LogP contribution in [0.1, 0.15) is 12.5 Å². The molecule has 1 N–H and O–H groups in total. The van der Waals surface area contributed by atoms with Crippen molar-refractivity contribution < 1.29 is 22.6 Å². The summed E-state index contributed by atoms with van der Waals surface area (Å²) in [6.07, 6.45) is -4.31. The molecular weight excluding hydrogens is 259 g/mol. The van der Waals surface area contributed by atoms with E-state index in [1.165, 1.54) is 12.1 Å². The van der Waals surface area contributed by atoms with Gasteiger partial charge in [-0.15, -0.1) is 0 Å².